The first kappa shape index (κ1) is 9.19. The van der Waals surface area contributed by atoms with Crippen LogP contribution in [0, 0.1) is 0 Å². The fraction of sp³-hybridized carbons (Fsp3) is 0.500. The van der Waals surface area contributed by atoms with E-state index in [4.69, 9.17) is 0 Å². The zero-order valence-electron chi connectivity index (χ0n) is 7.20. The van der Waals surface area contributed by atoms with Crippen molar-refractivity contribution in [1.29, 1.82) is 0 Å². The number of carbonyl (C=O) groups is 1. The van der Waals surface area contributed by atoms with Gasteiger partial charge in [0, 0.05) is 11.4 Å². The van der Waals surface area contributed by atoms with Crippen LogP contribution in [0.1, 0.15) is 30.8 Å². The van der Waals surface area contributed by atoms with Crippen molar-refractivity contribution >= 4 is 17.2 Å². The van der Waals surface area contributed by atoms with Gasteiger partial charge in [-0.1, -0.05) is 6.92 Å². The number of aromatic nitrogens is 1. The Morgan fingerprint density at radius 2 is 2.58 bits per heavy atom. The van der Waals surface area contributed by atoms with Crippen molar-refractivity contribution in [3.8, 4) is 0 Å². The van der Waals surface area contributed by atoms with Crippen molar-refractivity contribution in [2.75, 3.05) is 0 Å². The second-order valence-electron chi connectivity index (χ2n) is 2.66. The van der Waals surface area contributed by atoms with Gasteiger partial charge in [0.15, 0.2) is 0 Å². The first-order chi connectivity index (χ1) is 5.74. The number of rotatable bonds is 3. The van der Waals surface area contributed by atoms with Crippen LogP contribution in [0.25, 0.3) is 0 Å². The first-order valence-corrected chi connectivity index (χ1v) is 4.87. The molecule has 66 valence electrons. The summed E-state index contributed by atoms with van der Waals surface area (Å²) in [6.45, 7) is 4.01. The highest BCUT2D eigenvalue weighted by Crippen LogP contribution is 2.01. The molecule has 0 aliphatic rings. The molecule has 0 aliphatic carbocycles. The van der Waals surface area contributed by atoms with Crippen LogP contribution in [0.5, 0.6) is 0 Å². The summed E-state index contributed by atoms with van der Waals surface area (Å²) in [7, 11) is 0. The molecule has 0 fully saturated rings. The highest BCUT2D eigenvalue weighted by molar-refractivity contribution is 7.07. The second kappa shape index (κ2) is 4.21. The predicted molar refractivity (Wildman–Crippen MR) is 49.3 cm³/mol. The molecule has 3 nitrogen and oxygen atoms in total. The summed E-state index contributed by atoms with van der Waals surface area (Å²) in [5.41, 5.74) is 2.17. The topological polar surface area (TPSA) is 42.0 Å². The van der Waals surface area contributed by atoms with E-state index in [1.807, 2.05) is 13.8 Å². The molecule has 12 heavy (non-hydrogen) atoms. The van der Waals surface area contributed by atoms with Gasteiger partial charge in [0.25, 0.3) is 5.91 Å². The number of nitrogens with zero attached hydrogens (tertiary/aromatic N) is 1. The molecule has 0 saturated heterocycles. The number of hydrogen-bond donors (Lipinski definition) is 1. The molecule has 0 aliphatic heterocycles. The van der Waals surface area contributed by atoms with Crippen molar-refractivity contribution in [3.05, 3.63) is 16.6 Å². The van der Waals surface area contributed by atoms with Gasteiger partial charge in [-0.15, -0.1) is 11.3 Å². The van der Waals surface area contributed by atoms with E-state index in [2.05, 4.69) is 10.3 Å². The number of amides is 1. The molecule has 0 saturated carbocycles. The van der Waals surface area contributed by atoms with E-state index in [-0.39, 0.29) is 11.9 Å². The standard InChI is InChI=1S/C8H12N2OS/c1-3-6(2)10-8(11)7-4-12-5-9-7/h4-6H,3H2,1-2H3,(H,10,11). The summed E-state index contributed by atoms with van der Waals surface area (Å²) in [5.74, 6) is -0.0781. The summed E-state index contributed by atoms with van der Waals surface area (Å²) in [6, 6.07) is 0.221. The van der Waals surface area contributed by atoms with Crippen molar-refractivity contribution in [2.45, 2.75) is 26.3 Å². The molecular formula is C8H12N2OS. The van der Waals surface area contributed by atoms with Crippen LogP contribution in [-0.4, -0.2) is 16.9 Å². The normalized spacial score (nSPS) is 12.5. The van der Waals surface area contributed by atoms with E-state index in [9.17, 15) is 4.79 Å². The minimum Gasteiger partial charge on any atom is -0.348 e. The minimum absolute atomic E-state index is 0.0781. The van der Waals surface area contributed by atoms with Gasteiger partial charge in [0.2, 0.25) is 0 Å². The molecule has 0 radical (unpaired) electrons. The maximum atomic E-state index is 11.3. The van der Waals surface area contributed by atoms with E-state index < -0.39 is 0 Å². The number of carbonyl (C=O) groups excluding carboxylic acids is 1. The van der Waals surface area contributed by atoms with E-state index in [1.54, 1.807) is 10.9 Å². The molecule has 1 amide bonds. The van der Waals surface area contributed by atoms with E-state index in [1.165, 1.54) is 11.3 Å². The van der Waals surface area contributed by atoms with Crippen molar-refractivity contribution in [1.82, 2.24) is 10.3 Å². The molecule has 0 spiro atoms. The van der Waals surface area contributed by atoms with Gasteiger partial charge in [-0.05, 0) is 13.3 Å². The van der Waals surface area contributed by atoms with Crippen LogP contribution >= 0.6 is 11.3 Å². The average molecular weight is 184 g/mol. The van der Waals surface area contributed by atoms with E-state index >= 15 is 0 Å². The van der Waals surface area contributed by atoms with Gasteiger partial charge >= 0.3 is 0 Å². The molecule has 1 aromatic heterocycles. The lowest BCUT2D eigenvalue weighted by atomic mass is 10.2. The highest BCUT2D eigenvalue weighted by Gasteiger charge is 2.08. The molecule has 4 heteroatoms. The third-order valence-electron chi connectivity index (χ3n) is 1.65. The highest BCUT2D eigenvalue weighted by atomic mass is 32.1. The van der Waals surface area contributed by atoms with Crippen molar-refractivity contribution < 1.29 is 4.79 Å². The van der Waals surface area contributed by atoms with E-state index in [0.717, 1.165) is 6.42 Å². The lowest BCUT2D eigenvalue weighted by Gasteiger charge is -2.08. The van der Waals surface area contributed by atoms with Crippen molar-refractivity contribution in [2.24, 2.45) is 0 Å². The van der Waals surface area contributed by atoms with Gasteiger partial charge in [-0.2, -0.15) is 0 Å². The van der Waals surface area contributed by atoms with Crippen LogP contribution in [-0.2, 0) is 0 Å². The third kappa shape index (κ3) is 2.30. The molecular weight excluding hydrogens is 172 g/mol. The smallest absolute Gasteiger partial charge is 0.270 e. The summed E-state index contributed by atoms with van der Waals surface area (Å²) >= 11 is 1.43. The van der Waals surface area contributed by atoms with Crippen LogP contribution in [0.4, 0.5) is 0 Å². The van der Waals surface area contributed by atoms with Gasteiger partial charge in [0.05, 0.1) is 5.51 Å². The van der Waals surface area contributed by atoms with Crippen molar-refractivity contribution in [3.63, 3.8) is 0 Å². The Labute approximate surface area is 75.8 Å². The number of thiazole rings is 1. The Hall–Kier alpha value is -0.900. The third-order valence-corrected chi connectivity index (χ3v) is 2.24. The molecule has 0 aromatic carbocycles. The minimum atomic E-state index is -0.0781. The number of nitrogens with one attached hydrogen (secondary N) is 1. The van der Waals surface area contributed by atoms with Gasteiger partial charge in [0.1, 0.15) is 5.69 Å². The van der Waals surface area contributed by atoms with Crippen LogP contribution in [0.3, 0.4) is 0 Å². The summed E-state index contributed by atoms with van der Waals surface area (Å²) in [4.78, 5) is 15.2. The van der Waals surface area contributed by atoms with Gasteiger partial charge in [-0.25, -0.2) is 4.98 Å². The van der Waals surface area contributed by atoms with E-state index in [0.29, 0.717) is 5.69 Å². The lowest BCUT2D eigenvalue weighted by Crippen LogP contribution is -2.32. The Balaban J connectivity index is 2.50. The summed E-state index contributed by atoms with van der Waals surface area (Å²) in [6.07, 6.45) is 0.940. The van der Waals surface area contributed by atoms with Gasteiger partial charge in [-0.3, -0.25) is 4.79 Å². The summed E-state index contributed by atoms with van der Waals surface area (Å²) in [5, 5.41) is 4.58. The monoisotopic (exact) mass is 184 g/mol. The maximum Gasteiger partial charge on any atom is 0.270 e. The van der Waals surface area contributed by atoms with Crippen LogP contribution in [0.15, 0.2) is 10.9 Å². The first-order valence-electron chi connectivity index (χ1n) is 3.93. The Morgan fingerprint density at radius 1 is 1.83 bits per heavy atom. The Bertz CT molecular complexity index is 246. The average Bonchev–Trinajstić information content (AvgIpc) is 2.56. The largest absolute Gasteiger partial charge is 0.348 e. The number of hydrogen-bond acceptors (Lipinski definition) is 3. The summed E-state index contributed by atoms with van der Waals surface area (Å²) < 4.78 is 0. The zero-order chi connectivity index (χ0) is 8.97. The molecule has 1 aromatic rings. The molecule has 1 rings (SSSR count). The maximum absolute atomic E-state index is 11.3. The Kier molecular flexibility index (Phi) is 3.22. The second-order valence-corrected chi connectivity index (χ2v) is 3.38. The predicted octanol–water partition coefficient (Wildman–Crippen LogP) is 1.67. The quantitative estimate of drug-likeness (QED) is 0.776. The zero-order valence-corrected chi connectivity index (χ0v) is 8.02. The SMILES string of the molecule is CCC(C)NC(=O)c1cscn1. The van der Waals surface area contributed by atoms with Gasteiger partial charge < -0.3 is 5.32 Å². The molecule has 1 atom stereocenters. The van der Waals surface area contributed by atoms with Crippen LogP contribution in [0.2, 0.25) is 0 Å². The Morgan fingerprint density at radius 3 is 3.08 bits per heavy atom. The van der Waals surface area contributed by atoms with Crippen LogP contribution < -0.4 is 5.32 Å². The molecule has 1 unspecified atom stereocenters. The molecule has 1 N–H and O–H groups in total. The lowest BCUT2D eigenvalue weighted by molar-refractivity contribution is 0.0935. The fourth-order valence-corrected chi connectivity index (χ4v) is 1.26. The molecule has 0 bridgehead atoms. The fourth-order valence-electron chi connectivity index (χ4n) is 0.724. The molecule has 1 heterocycles.